The first-order chi connectivity index (χ1) is 9.96. The Hall–Kier alpha value is -2.35. The van der Waals surface area contributed by atoms with Gasteiger partial charge in [-0.2, -0.15) is 5.26 Å². The molecule has 0 radical (unpaired) electrons. The van der Waals surface area contributed by atoms with Crippen molar-refractivity contribution in [3.63, 3.8) is 0 Å². The third-order valence-corrected chi connectivity index (χ3v) is 3.99. The topological polar surface area (TPSA) is 73.2 Å². The summed E-state index contributed by atoms with van der Waals surface area (Å²) in [6.07, 6.45) is 0.621. The summed E-state index contributed by atoms with van der Waals surface area (Å²) in [4.78, 5) is 26.0. The van der Waals surface area contributed by atoms with E-state index in [1.807, 2.05) is 45.0 Å². The van der Waals surface area contributed by atoms with Crippen LogP contribution in [0.2, 0.25) is 0 Å². The van der Waals surface area contributed by atoms with E-state index in [4.69, 9.17) is 5.26 Å². The van der Waals surface area contributed by atoms with Gasteiger partial charge in [0.25, 0.3) is 5.91 Å². The highest BCUT2D eigenvalue weighted by molar-refractivity contribution is 6.07. The Bertz CT molecular complexity index is 633. The molecule has 1 aromatic carbocycles. The lowest BCUT2D eigenvalue weighted by Gasteiger charge is -2.27. The smallest absolute Gasteiger partial charge is 0.319 e. The van der Waals surface area contributed by atoms with Gasteiger partial charge in [-0.1, -0.05) is 30.7 Å². The molecule has 1 heterocycles. The van der Waals surface area contributed by atoms with E-state index >= 15 is 0 Å². The Morgan fingerprint density at radius 3 is 2.62 bits per heavy atom. The summed E-state index contributed by atoms with van der Waals surface area (Å²) in [6, 6.07) is 7.40. The molecule has 2 rings (SSSR count). The van der Waals surface area contributed by atoms with Gasteiger partial charge in [0.15, 0.2) is 0 Å². The van der Waals surface area contributed by atoms with E-state index in [1.54, 1.807) is 0 Å². The van der Waals surface area contributed by atoms with Crippen LogP contribution in [0.5, 0.6) is 0 Å². The van der Waals surface area contributed by atoms with Crippen LogP contribution in [-0.4, -0.2) is 23.4 Å². The first-order valence-corrected chi connectivity index (χ1v) is 7.05. The quantitative estimate of drug-likeness (QED) is 0.863. The molecule has 21 heavy (non-hydrogen) atoms. The molecule has 5 heteroatoms. The molecule has 1 saturated heterocycles. The summed E-state index contributed by atoms with van der Waals surface area (Å²) in [7, 11) is 0. The van der Waals surface area contributed by atoms with Crippen molar-refractivity contribution in [3.8, 4) is 6.07 Å². The maximum Gasteiger partial charge on any atom is 0.325 e. The minimum Gasteiger partial charge on any atom is -0.319 e. The number of hydrogen-bond acceptors (Lipinski definition) is 3. The summed E-state index contributed by atoms with van der Waals surface area (Å²) in [5.74, 6) is -0.266. The highest BCUT2D eigenvalue weighted by atomic mass is 16.2. The number of rotatable bonds is 4. The molecular weight excluding hydrogens is 266 g/mol. The van der Waals surface area contributed by atoms with Crippen LogP contribution in [0.15, 0.2) is 18.2 Å². The fraction of sp³-hybridized carbons (Fsp3) is 0.438. The first-order valence-electron chi connectivity index (χ1n) is 7.05. The molecule has 1 N–H and O–H groups in total. The monoisotopic (exact) mass is 285 g/mol. The third kappa shape index (κ3) is 2.38. The van der Waals surface area contributed by atoms with Crippen LogP contribution in [-0.2, 0) is 10.3 Å². The number of carbonyl (C=O) groups is 2. The molecule has 5 nitrogen and oxygen atoms in total. The van der Waals surface area contributed by atoms with E-state index in [-0.39, 0.29) is 18.9 Å². The molecule has 0 spiro atoms. The predicted molar refractivity (Wildman–Crippen MR) is 78.4 cm³/mol. The van der Waals surface area contributed by atoms with Crippen molar-refractivity contribution in [2.24, 2.45) is 0 Å². The summed E-state index contributed by atoms with van der Waals surface area (Å²) < 4.78 is 0. The maximum absolute atomic E-state index is 12.7. The zero-order chi connectivity index (χ0) is 15.6. The fourth-order valence-corrected chi connectivity index (χ4v) is 2.90. The van der Waals surface area contributed by atoms with Crippen molar-refractivity contribution in [1.82, 2.24) is 10.2 Å². The van der Waals surface area contributed by atoms with Crippen molar-refractivity contribution < 1.29 is 9.59 Å². The van der Waals surface area contributed by atoms with Crippen LogP contribution < -0.4 is 5.32 Å². The van der Waals surface area contributed by atoms with Gasteiger partial charge < -0.3 is 5.32 Å². The van der Waals surface area contributed by atoms with Gasteiger partial charge in [-0.15, -0.1) is 0 Å². The average Bonchev–Trinajstić information content (AvgIpc) is 2.69. The first kappa shape index (κ1) is 15.0. The lowest BCUT2D eigenvalue weighted by atomic mass is 9.84. The number of urea groups is 1. The Kier molecular flexibility index (Phi) is 3.99. The van der Waals surface area contributed by atoms with Crippen molar-refractivity contribution in [2.45, 2.75) is 39.2 Å². The second-order valence-electron chi connectivity index (χ2n) is 5.37. The van der Waals surface area contributed by atoms with E-state index in [2.05, 4.69) is 5.32 Å². The van der Waals surface area contributed by atoms with Gasteiger partial charge in [-0.3, -0.25) is 9.69 Å². The molecule has 0 aliphatic carbocycles. The number of nitrogens with zero attached hydrogens (tertiary/aromatic N) is 2. The SMILES string of the molecule is CCC1(c2ccc(C)cc2C)NC(=O)N(CCC#N)C1=O. The van der Waals surface area contributed by atoms with Gasteiger partial charge in [-0.05, 0) is 31.4 Å². The molecule has 1 unspecified atom stereocenters. The molecule has 0 bridgehead atoms. The van der Waals surface area contributed by atoms with Crippen molar-refractivity contribution in [2.75, 3.05) is 6.54 Å². The van der Waals surface area contributed by atoms with Gasteiger partial charge in [0.2, 0.25) is 0 Å². The molecule has 3 amide bonds. The zero-order valence-electron chi connectivity index (χ0n) is 12.6. The van der Waals surface area contributed by atoms with E-state index in [1.165, 1.54) is 0 Å². The van der Waals surface area contributed by atoms with E-state index in [9.17, 15) is 9.59 Å². The molecule has 110 valence electrons. The van der Waals surface area contributed by atoms with Crippen molar-refractivity contribution in [1.29, 1.82) is 5.26 Å². The van der Waals surface area contributed by atoms with E-state index < -0.39 is 11.6 Å². The summed E-state index contributed by atoms with van der Waals surface area (Å²) in [5, 5.41) is 11.5. The molecule has 1 atom stereocenters. The predicted octanol–water partition coefficient (Wildman–Crippen LogP) is 2.37. The Labute approximate surface area is 124 Å². The van der Waals surface area contributed by atoms with Crippen molar-refractivity contribution in [3.05, 3.63) is 34.9 Å². The number of amides is 3. The molecule has 1 fully saturated rings. The Morgan fingerprint density at radius 2 is 2.05 bits per heavy atom. The number of nitriles is 1. The summed E-state index contributed by atoms with van der Waals surface area (Å²) in [6.45, 7) is 5.94. The van der Waals surface area contributed by atoms with Gasteiger partial charge in [0, 0.05) is 6.54 Å². The fourth-order valence-electron chi connectivity index (χ4n) is 2.90. The van der Waals surface area contributed by atoms with Crippen LogP contribution in [0, 0.1) is 25.2 Å². The van der Waals surface area contributed by atoms with Gasteiger partial charge in [0.05, 0.1) is 12.5 Å². The van der Waals surface area contributed by atoms with Gasteiger partial charge in [-0.25, -0.2) is 4.79 Å². The lowest BCUT2D eigenvalue weighted by Crippen LogP contribution is -2.44. The minimum absolute atomic E-state index is 0.133. The van der Waals surface area contributed by atoms with Crippen LogP contribution in [0.25, 0.3) is 0 Å². The number of aryl methyl sites for hydroxylation is 2. The second-order valence-corrected chi connectivity index (χ2v) is 5.37. The molecule has 1 aliphatic heterocycles. The van der Waals surface area contributed by atoms with Crippen LogP contribution >= 0.6 is 0 Å². The van der Waals surface area contributed by atoms with Crippen LogP contribution in [0.3, 0.4) is 0 Å². The average molecular weight is 285 g/mol. The maximum atomic E-state index is 12.7. The number of benzene rings is 1. The van der Waals surface area contributed by atoms with Gasteiger partial charge in [0.1, 0.15) is 5.54 Å². The third-order valence-electron chi connectivity index (χ3n) is 3.99. The van der Waals surface area contributed by atoms with E-state index in [0.29, 0.717) is 6.42 Å². The number of imide groups is 1. The zero-order valence-corrected chi connectivity index (χ0v) is 12.6. The van der Waals surface area contributed by atoms with Crippen LogP contribution in [0.4, 0.5) is 4.79 Å². The van der Waals surface area contributed by atoms with Crippen LogP contribution in [0.1, 0.15) is 36.5 Å². The lowest BCUT2D eigenvalue weighted by molar-refractivity contribution is -0.131. The Balaban J connectivity index is 2.45. The van der Waals surface area contributed by atoms with Gasteiger partial charge >= 0.3 is 6.03 Å². The summed E-state index contributed by atoms with van der Waals surface area (Å²) >= 11 is 0. The van der Waals surface area contributed by atoms with E-state index in [0.717, 1.165) is 21.6 Å². The molecule has 0 aromatic heterocycles. The molecule has 1 aromatic rings. The number of hydrogen-bond donors (Lipinski definition) is 1. The standard InChI is InChI=1S/C16H19N3O2/c1-4-16(13-7-6-11(2)10-12(13)3)14(20)19(9-5-8-17)15(21)18-16/h6-7,10H,4-5,9H2,1-3H3,(H,18,21). The number of carbonyl (C=O) groups excluding carboxylic acids is 2. The van der Waals surface area contributed by atoms with Crippen molar-refractivity contribution >= 4 is 11.9 Å². The highest BCUT2D eigenvalue weighted by Crippen LogP contribution is 2.34. The Morgan fingerprint density at radius 1 is 1.33 bits per heavy atom. The second kappa shape index (κ2) is 5.57. The molecular formula is C16H19N3O2. The molecule has 1 aliphatic rings. The highest BCUT2D eigenvalue weighted by Gasteiger charge is 2.51. The minimum atomic E-state index is -1.01. The normalized spacial score (nSPS) is 21.3. The number of nitrogens with one attached hydrogen (secondary N) is 1. The summed E-state index contributed by atoms with van der Waals surface area (Å²) in [5.41, 5.74) is 1.91. The molecule has 0 saturated carbocycles. The largest absolute Gasteiger partial charge is 0.325 e.